The van der Waals surface area contributed by atoms with Gasteiger partial charge < -0.3 is 14.2 Å². The zero-order valence-electron chi connectivity index (χ0n) is 29.3. The standard InChI is InChI=1S/C26H38O3/c1-19(2)14-16-27-23-12-11-22(24(18-23)28-17-15-20(3)4)10-8-21(5)9-13-25-26(6,7)29-25/h8,11-12,14-15,18,25H,9-10,13,16-17H2,1-7H3/b21-8+/t25-/m1/s1/i1D3,2D3,3D3,4D3. The fourth-order valence-electron chi connectivity index (χ4n) is 2.85. The van der Waals surface area contributed by atoms with Crippen molar-refractivity contribution in [1.29, 1.82) is 0 Å². The molecule has 29 heavy (non-hydrogen) atoms. The van der Waals surface area contributed by atoms with E-state index in [-0.39, 0.29) is 30.7 Å². The summed E-state index contributed by atoms with van der Waals surface area (Å²) in [5.74, 6) is 0.556. The first-order chi connectivity index (χ1) is 18.5. The zero-order chi connectivity index (χ0) is 31.4. The van der Waals surface area contributed by atoms with Gasteiger partial charge in [0, 0.05) is 22.5 Å². The van der Waals surface area contributed by atoms with E-state index in [0.29, 0.717) is 12.2 Å². The molecule has 3 heteroatoms. The van der Waals surface area contributed by atoms with Gasteiger partial charge in [0.05, 0.1) is 11.7 Å². The smallest absolute Gasteiger partial charge is 0.126 e. The van der Waals surface area contributed by atoms with Gasteiger partial charge in [0.25, 0.3) is 0 Å². The molecule has 1 fully saturated rings. The molecule has 0 saturated carbocycles. The molecule has 1 saturated heterocycles. The fourth-order valence-corrected chi connectivity index (χ4v) is 2.85. The highest BCUT2D eigenvalue weighted by Gasteiger charge is 2.46. The number of allylic oxidation sites excluding steroid dienone is 4. The molecule has 0 amide bonds. The van der Waals surface area contributed by atoms with E-state index in [2.05, 4.69) is 0 Å². The van der Waals surface area contributed by atoms with Crippen LogP contribution >= 0.6 is 0 Å². The van der Waals surface area contributed by atoms with E-state index >= 15 is 0 Å². The molecule has 2 rings (SSSR count). The Morgan fingerprint density at radius 2 is 1.72 bits per heavy atom. The summed E-state index contributed by atoms with van der Waals surface area (Å²) in [5.41, 5.74) is 0.369. The van der Waals surface area contributed by atoms with Crippen LogP contribution in [0.1, 0.15) is 83.0 Å². The largest absolute Gasteiger partial charge is 0.489 e. The van der Waals surface area contributed by atoms with E-state index in [4.69, 9.17) is 30.7 Å². The van der Waals surface area contributed by atoms with E-state index in [9.17, 15) is 0 Å². The second-order valence-electron chi connectivity index (χ2n) is 7.63. The molecule has 0 aliphatic carbocycles. The molecule has 0 unspecified atom stereocenters. The van der Waals surface area contributed by atoms with Crippen molar-refractivity contribution < 1.29 is 30.7 Å². The zero-order valence-corrected chi connectivity index (χ0v) is 17.3. The number of benzene rings is 1. The van der Waals surface area contributed by atoms with Crippen molar-refractivity contribution in [2.45, 2.75) is 79.1 Å². The maximum atomic E-state index is 7.54. The highest BCUT2D eigenvalue weighted by Crippen LogP contribution is 2.39. The Morgan fingerprint density at radius 3 is 2.34 bits per heavy atom. The molecule has 1 heterocycles. The Morgan fingerprint density at radius 1 is 1.07 bits per heavy atom. The minimum absolute atomic E-state index is 0.0874. The molecular formula is C26H38O3. The van der Waals surface area contributed by atoms with E-state index in [0.717, 1.165) is 36.1 Å². The summed E-state index contributed by atoms with van der Waals surface area (Å²) in [6.45, 7) is -5.82. The Labute approximate surface area is 194 Å². The van der Waals surface area contributed by atoms with E-state index in [1.54, 1.807) is 12.1 Å². The van der Waals surface area contributed by atoms with Gasteiger partial charge in [0.15, 0.2) is 0 Å². The summed E-state index contributed by atoms with van der Waals surface area (Å²) in [5, 5.41) is 0. The molecule has 1 aliphatic heterocycles. The third kappa shape index (κ3) is 8.49. The Kier molecular flexibility index (Phi) is 4.20. The normalized spacial score (nSPS) is 25.3. The van der Waals surface area contributed by atoms with Crippen LogP contribution in [0, 0.1) is 0 Å². The second kappa shape index (κ2) is 10.7. The van der Waals surface area contributed by atoms with Crippen LogP contribution < -0.4 is 9.47 Å². The van der Waals surface area contributed by atoms with Gasteiger partial charge in [-0.3, -0.25) is 0 Å². The third-order valence-corrected chi connectivity index (χ3v) is 4.74. The maximum Gasteiger partial charge on any atom is 0.126 e. The van der Waals surface area contributed by atoms with Crippen molar-refractivity contribution in [1.82, 2.24) is 0 Å². The average Bonchev–Trinajstić information content (AvgIpc) is 3.40. The monoisotopic (exact) mass is 410 g/mol. The lowest BCUT2D eigenvalue weighted by Crippen LogP contribution is -2.02. The predicted octanol–water partition coefficient (Wildman–Crippen LogP) is 6.82. The first-order valence-corrected chi connectivity index (χ1v) is 9.66. The fraction of sp³-hybridized carbons (Fsp3) is 0.538. The quantitative estimate of drug-likeness (QED) is 0.296. The lowest BCUT2D eigenvalue weighted by atomic mass is 10.0. The van der Waals surface area contributed by atoms with Crippen molar-refractivity contribution in [3.8, 4) is 11.5 Å². The van der Waals surface area contributed by atoms with E-state index < -0.39 is 38.6 Å². The van der Waals surface area contributed by atoms with Crippen LogP contribution in [-0.4, -0.2) is 24.9 Å². The molecule has 1 aromatic rings. The first kappa shape index (κ1) is 11.4. The van der Waals surface area contributed by atoms with Crippen molar-refractivity contribution in [3.63, 3.8) is 0 Å². The molecule has 1 aliphatic rings. The molecule has 3 nitrogen and oxygen atoms in total. The van der Waals surface area contributed by atoms with E-state index in [1.165, 1.54) is 6.07 Å². The SMILES string of the molecule is [2H]C([2H])([2H])C(=CCOc1ccc(C/C=C(\C)CC[C@H]2OC2(C)C)c(OCC=C(C([2H])([2H])[2H])C([2H])([2H])[2H])c1)C([2H])([2H])[2H]. The molecule has 0 radical (unpaired) electrons. The van der Waals surface area contributed by atoms with Crippen molar-refractivity contribution >= 4 is 0 Å². The number of ether oxygens (including phenoxy) is 3. The third-order valence-electron chi connectivity index (χ3n) is 4.74. The van der Waals surface area contributed by atoms with Gasteiger partial charge >= 0.3 is 0 Å². The van der Waals surface area contributed by atoms with Crippen molar-refractivity contribution in [2.75, 3.05) is 13.2 Å². The number of rotatable bonds is 11. The Hall–Kier alpha value is -2.00. The van der Waals surface area contributed by atoms with Gasteiger partial charge in [0.1, 0.15) is 24.7 Å². The Balaban J connectivity index is 2.26. The lowest BCUT2D eigenvalue weighted by molar-refractivity contribution is 0.320. The predicted molar refractivity (Wildman–Crippen MR) is 122 cm³/mol. The lowest BCUT2D eigenvalue weighted by Gasteiger charge is -2.12. The summed E-state index contributed by atoms with van der Waals surface area (Å²) in [4.78, 5) is 0. The molecule has 1 aromatic carbocycles. The summed E-state index contributed by atoms with van der Waals surface area (Å²) in [7, 11) is 0. The van der Waals surface area contributed by atoms with Crippen LogP contribution in [0.25, 0.3) is 0 Å². The maximum absolute atomic E-state index is 7.54. The van der Waals surface area contributed by atoms with Crippen LogP contribution in [0.15, 0.2) is 53.1 Å². The summed E-state index contributed by atoms with van der Waals surface area (Å²) >= 11 is 0. The summed E-state index contributed by atoms with van der Waals surface area (Å²) in [6, 6.07) is 4.85. The van der Waals surface area contributed by atoms with Crippen LogP contribution in [-0.2, 0) is 11.2 Å². The first-order valence-electron chi connectivity index (χ1n) is 15.7. The molecule has 0 aromatic heterocycles. The number of hydrogen-bond acceptors (Lipinski definition) is 3. The van der Waals surface area contributed by atoms with Gasteiger partial charge in [-0.05, 0) is 91.2 Å². The Bertz CT molecular complexity index is 1100. The highest BCUT2D eigenvalue weighted by molar-refractivity contribution is 5.42. The van der Waals surface area contributed by atoms with E-state index in [1.807, 2.05) is 26.8 Å². The van der Waals surface area contributed by atoms with Crippen LogP contribution in [0.4, 0.5) is 0 Å². The number of hydrogen-bond donors (Lipinski definition) is 0. The van der Waals surface area contributed by atoms with Gasteiger partial charge in [-0.2, -0.15) is 0 Å². The summed E-state index contributed by atoms with van der Waals surface area (Å²) < 4.78 is 107. The topological polar surface area (TPSA) is 31.0 Å². The second-order valence-corrected chi connectivity index (χ2v) is 7.63. The van der Waals surface area contributed by atoms with Crippen molar-refractivity contribution in [3.05, 3.63) is 58.7 Å². The molecule has 0 N–H and O–H groups in total. The molecular weight excluding hydrogens is 360 g/mol. The van der Waals surface area contributed by atoms with Gasteiger partial charge in [-0.25, -0.2) is 0 Å². The summed E-state index contributed by atoms with van der Waals surface area (Å²) in [6.07, 6.45) is 6.50. The van der Waals surface area contributed by atoms with Crippen LogP contribution in [0.5, 0.6) is 11.5 Å². The number of epoxide rings is 1. The van der Waals surface area contributed by atoms with Crippen molar-refractivity contribution in [2.24, 2.45) is 0 Å². The highest BCUT2D eigenvalue weighted by atomic mass is 16.6. The average molecular weight is 411 g/mol. The van der Waals surface area contributed by atoms with Crippen LogP contribution in [0.3, 0.4) is 0 Å². The minimum atomic E-state index is -2.82. The van der Waals surface area contributed by atoms with Gasteiger partial charge in [0.2, 0.25) is 0 Å². The minimum Gasteiger partial charge on any atom is -0.489 e. The van der Waals surface area contributed by atoms with Crippen LogP contribution in [0.2, 0.25) is 0 Å². The van der Waals surface area contributed by atoms with Gasteiger partial charge in [-0.15, -0.1) is 0 Å². The molecule has 160 valence electrons. The molecule has 1 atom stereocenters. The van der Waals surface area contributed by atoms with Gasteiger partial charge in [-0.1, -0.05) is 28.9 Å². The molecule has 0 spiro atoms. The molecule has 0 bridgehead atoms.